The van der Waals surface area contributed by atoms with E-state index in [9.17, 15) is 18.0 Å². The molecule has 0 aliphatic carbocycles. The lowest BCUT2D eigenvalue weighted by atomic mass is 9.95. The normalized spacial score (nSPS) is 22.2. The molecule has 1 aromatic heterocycles. The van der Waals surface area contributed by atoms with Gasteiger partial charge in [0, 0.05) is 30.8 Å². The molecule has 1 aromatic carbocycles. The van der Waals surface area contributed by atoms with Crippen LogP contribution in [0.15, 0.2) is 29.4 Å². The molecule has 4 rings (SSSR count). The van der Waals surface area contributed by atoms with Crippen LogP contribution in [-0.4, -0.2) is 54.3 Å². The van der Waals surface area contributed by atoms with E-state index in [1.54, 1.807) is 0 Å². The molecule has 0 saturated carbocycles. The Bertz CT molecular complexity index is 1130. The summed E-state index contributed by atoms with van der Waals surface area (Å²) in [5, 5.41) is 0. The molecule has 2 aromatic rings. The van der Waals surface area contributed by atoms with E-state index >= 15 is 0 Å². The lowest BCUT2D eigenvalue weighted by molar-refractivity contribution is -0.137. The first-order chi connectivity index (χ1) is 16.4. The number of thiazole rings is 1. The van der Waals surface area contributed by atoms with Gasteiger partial charge in [-0.15, -0.1) is 11.3 Å². The molecule has 2 atom stereocenters. The van der Waals surface area contributed by atoms with Crippen LogP contribution >= 0.6 is 11.3 Å². The topological polar surface area (TPSA) is 56.1 Å². The maximum absolute atomic E-state index is 13.5. The summed E-state index contributed by atoms with van der Waals surface area (Å²) in [6, 6.07) is 3.03. The SMILES string of the molecule is CN1CC[C@H](Oc2ccc(C(F)(F)F)cc2C(=O)/N=c2\sc(C(C)(C)C)cn2C[C@H]2CCCO2)C1. The Morgan fingerprint density at radius 3 is 2.63 bits per heavy atom. The summed E-state index contributed by atoms with van der Waals surface area (Å²) >= 11 is 1.37. The van der Waals surface area contributed by atoms with Crippen molar-refractivity contribution in [3.8, 4) is 5.75 Å². The Labute approximate surface area is 207 Å². The van der Waals surface area contributed by atoms with Crippen LogP contribution in [0.1, 0.15) is 60.8 Å². The molecule has 2 aliphatic rings. The molecule has 0 radical (unpaired) electrons. The number of carbonyl (C=O) groups excluding carboxylic acids is 1. The van der Waals surface area contributed by atoms with Crippen LogP contribution < -0.4 is 9.54 Å². The number of carbonyl (C=O) groups is 1. The van der Waals surface area contributed by atoms with Gasteiger partial charge in [0.25, 0.3) is 5.91 Å². The van der Waals surface area contributed by atoms with Crippen molar-refractivity contribution in [3.05, 3.63) is 45.2 Å². The molecule has 2 fully saturated rings. The van der Waals surface area contributed by atoms with Crippen LogP contribution in [-0.2, 0) is 22.9 Å². The minimum Gasteiger partial charge on any atom is -0.488 e. The highest BCUT2D eigenvalue weighted by Crippen LogP contribution is 2.34. The fourth-order valence-corrected chi connectivity index (χ4v) is 5.30. The number of amides is 1. The number of aromatic nitrogens is 1. The van der Waals surface area contributed by atoms with Crippen molar-refractivity contribution in [2.24, 2.45) is 4.99 Å². The van der Waals surface area contributed by atoms with Gasteiger partial charge in [-0.1, -0.05) is 20.8 Å². The third-order valence-corrected chi connectivity index (χ3v) is 7.71. The third kappa shape index (κ3) is 6.34. The van der Waals surface area contributed by atoms with Crippen LogP contribution in [0.3, 0.4) is 0 Å². The molecule has 0 spiro atoms. The van der Waals surface area contributed by atoms with Gasteiger partial charge in [-0.25, -0.2) is 0 Å². The summed E-state index contributed by atoms with van der Waals surface area (Å²) in [5.74, 6) is -0.619. The van der Waals surface area contributed by atoms with E-state index in [0.29, 0.717) is 24.5 Å². The van der Waals surface area contributed by atoms with Crippen molar-refractivity contribution in [2.75, 3.05) is 26.7 Å². The minimum atomic E-state index is -4.58. The summed E-state index contributed by atoms with van der Waals surface area (Å²) in [6.07, 6.45) is -0.139. The van der Waals surface area contributed by atoms with Crippen molar-refractivity contribution in [3.63, 3.8) is 0 Å². The minimum absolute atomic E-state index is 0.0262. The van der Waals surface area contributed by atoms with Gasteiger partial charge in [0.05, 0.1) is 23.8 Å². The molecule has 2 saturated heterocycles. The Morgan fingerprint density at radius 2 is 2.03 bits per heavy atom. The summed E-state index contributed by atoms with van der Waals surface area (Å²) in [4.78, 5) is 21.2. The van der Waals surface area contributed by atoms with Crippen molar-refractivity contribution >= 4 is 17.2 Å². The lowest BCUT2D eigenvalue weighted by Gasteiger charge is -2.17. The Morgan fingerprint density at radius 1 is 1.26 bits per heavy atom. The van der Waals surface area contributed by atoms with Crippen molar-refractivity contribution in [1.82, 2.24) is 9.47 Å². The van der Waals surface area contributed by atoms with Gasteiger partial charge >= 0.3 is 6.18 Å². The van der Waals surface area contributed by atoms with Gasteiger partial charge in [0.2, 0.25) is 0 Å². The van der Waals surface area contributed by atoms with Crippen LogP contribution in [0.2, 0.25) is 0 Å². The first kappa shape index (κ1) is 25.9. The molecule has 6 nitrogen and oxygen atoms in total. The average Bonchev–Trinajstić information content (AvgIpc) is 3.50. The fraction of sp³-hybridized carbons (Fsp3) is 0.600. The zero-order valence-electron chi connectivity index (χ0n) is 20.5. The second kappa shape index (κ2) is 10.1. The largest absolute Gasteiger partial charge is 0.488 e. The van der Waals surface area contributed by atoms with Gasteiger partial charge in [0.15, 0.2) is 4.80 Å². The Hall–Kier alpha value is -2.17. The second-order valence-corrected chi connectivity index (χ2v) is 11.3. The Kier molecular flexibility index (Phi) is 7.45. The van der Waals surface area contributed by atoms with E-state index in [-0.39, 0.29) is 28.9 Å². The fourth-order valence-electron chi connectivity index (χ4n) is 4.25. The van der Waals surface area contributed by atoms with Gasteiger partial charge in [-0.2, -0.15) is 18.2 Å². The van der Waals surface area contributed by atoms with E-state index in [0.717, 1.165) is 42.8 Å². The number of alkyl halides is 3. The zero-order valence-corrected chi connectivity index (χ0v) is 21.3. The van der Waals surface area contributed by atoms with E-state index < -0.39 is 17.6 Å². The number of halogens is 3. The van der Waals surface area contributed by atoms with E-state index in [2.05, 4.69) is 30.7 Å². The smallest absolute Gasteiger partial charge is 0.416 e. The maximum atomic E-state index is 13.5. The predicted molar refractivity (Wildman–Crippen MR) is 128 cm³/mol. The van der Waals surface area contributed by atoms with Crippen LogP contribution in [0.5, 0.6) is 5.75 Å². The van der Waals surface area contributed by atoms with Crippen molar-refractivity contribution in [1.29, 1.82) is 0 Å². The number of rotatable bonds is 5. The predicted octanol–water partition coefficient (Wildman–Crippen LogP) is 4.87. The molecule has 0 N–H and O–H groups in total. The van der Waals surface area contributed by atoms with E-state index in [1.807, 2.05) is 17.8 Å². The standard InChI is InChI=1S/C25H32F3N3O3S/c1-24(2,3)21-15-31(14-17-6-5-11-33-17)23(35-21)29-22(32)19-12-16(25(26,27)28)7-8-20(19)34-18-9-10-30(4)13-18/h7-8,12,15,17-18H,5-6,9-11,13-14H2,1-4H3/b29-23-/t17-,18+/m1/s1. The van der Waals surface area contributed by atoms with Crippen molar-refractivity contribution < 1.29 is 27.4 Å². The summed E-state index contributed by atoms with van der Waals surface area (Å²) in [6.45, 7) is 8.92. The lowest BCUT2D eigenvalue weighted by Crippen LogP contribution is -2.24. The van der Waals surface area contributed by atoms with Crippen LogP contribution in [0.4, 0.5) is 13.2 Å². The zero-order chi connectivity index (χ0) is 25.4. The Balaban J connectivity index is 1.73. The van der Waals surface area contributed by atoms with Crippen LogP contribution in [0.25, 0.3) is 0 Å². The number of ether oxygens (including phenoxy) is 2. The monoisotopic (exact) mass is 511 g/mol. The molecule has 10 heteroatoms. The van der Waals surface area contributed by atoms with Crippen LogP contribution in [0, 0.1) is 0 Å². The molecular weight excluding hydrogens is 479 g/mol. The number of benzene rings is 1. The van der Waals surface area contributed by atoms with Gasteiger partial charge < -0.3 is 18.9 Å². The highest BCUT2D eigenvalue weighted by molar-refractivity contribution is 7.09. The molecule has 0 bridgehead atoms. The molecule has 3 heterocycles. The highest BCUT2D eigenvalue weighted by atomic mass is 32.1. The first-order valence-corrected chi connectivity index (χ1v) is 12.7. The number of likely N-dealkylation sites (N-methyl/N-ethyl adjacent to an activating group) is 1. The van der Waals surface area contributed by atoms with Gasteiger partial charge in [-0.3, -0.25) is 4.79 Å². The van der Waals surface area contributed by atoms with Gasteiger partial charge in [0.1, 0.15) is 11.9 Å². The molecule has 0 unspecified atom stereocenters. The highest BCUT2D eigenvalue weighted by Gasteiger charge is 2.33. The number of likely N-dealkylation sites (tertiary alicyclic amines) is 1. The molecule has 1 amide bonds. The van der Waals surface area contributed by atoms with E-state index in [1.165, 1.54) is 17.4 Å². The number of hydrogen-bond acceptors (Lipinski definition) is 5. The summed E-state index contributed by atoms with van der Waals surface area (Å²) in [5.41, 5.74) is -1.25. The molecular formula is C25H32F3N3O3S. The maximum Gasteiger partial charge on any atom is 0.416 e. The number of hydrogen-bond donors (Lipinski definition) is 0. The van der Waals surface area contributed by atoms with Gasteiger partial charge in [-0.05, 0) is 49.9 Å². The molecule has 2 aliphatic heterocycles. The second-order valence-electron chi connectivity index (χ2n) is 10.3. The summed E-state index contributed by atoms with van der Waals surface area (Å²) in [7, 11) is 1.95. The van der Waals surface area contributed by atoms with E-state index in [4.69, 9.17) is 9.47 Å². The van der Waals surface area contributed by atoms with Crippen molar-refractivity contribution in [2.45, 2.75) is 70.4 Å². The quantitative estimate of drug-likeness (QED) is 0.575. The third-order valence-electron chi connectivity index (χ3n) is 6.26. The summed E-state index contributed by atoms with van der Waals surface area (Å²) < 4.78 is 54.0. The first-order valence-electron chi connectivity index (χ1n) is 11.9. The average molecular weight is 512 g/mol. The molecule has 35 heavy (non-hydrogen) atoms. The molecule has 192 valence electrons. The number of nitrogens with zero attached hydrogens (tertiary/aromatic N) is 3.